The minimum Gasteiger partial charge on any atom is -0.324 e. The van der Waals surface area contributed by atoms with Gasteiger partial charge in [-0.05, 0) is 54.3 Å². The van der Waals surface area contributed by atoms with Gasteiger partial charge in [-0.3, -0.25) is 9.59 Å². The summed E-state index contributed by atoms with van der Waals surface area (Å²) in [5, 5.41) is 2.93. The summed E-state index contributed by atoms with van der Waals surface area (Å²) < 4.78 is 27.8. The molecule has 2 amide bonds. The molecule has 9 heteroatoms. The minimum atomic E-state index is -3.57. The number of rotatable bonds is 9. The molecule has 204 valence electrons. The van der Waals surface area contributed by atoms with Crippen molar-refractivity contribution >= 4 is 39.3 Å². The number of carbonyl (C=O) groups is 2. The molecule has 2 heterocycles. The van der Waals surface area contributed by atoms with Gasteiger partial charge >= 0.3 is 0 Å². The summed E-state index contributed by atoms with van der Waals surface area (Å²) in [5.41, 5.74) is 3.19. The van der Waals surface area contributed by atoms with Crippen LogP contribution >= 0.6 is 11.8 Å². The average molecular weight is 564 g/mol. The number of amides is 2. The van der Waals surface area contributed by atoms with Gasteiger partial charge in [-0.15, -0.1) is 0 Å². The van der Waals surface area contributed by atoms with Crippen LogP contribution in [0.1, 0.15) is 47.2 Å². The van der Waals surface area contributed by atoms with Crippen LogP contribution in [-0.2, 0) is 27.1 Å². The van der Waals surface area contributed by atoms with Crippen molar-refractivity contribution in [1.82, 2.24) is 9.21 Å². The maximum atomic E-state index is 13.6. The molecule has 0 aliphatic carbocycles. The largest absolute Gasteiger partial charge is 0.324 e. The van der Waals surface area contributed by atoms with Crippen molar-refractivity contribution in [1.29, 1.82) is 0 Å². The van der Waals surface area contributed by atoms with E-state index in [-0.39, 0.29) is 16.7 Å². The van der Waals surface area contributed by atoms with Crippen LogP contribution in [0.25, 0.3) is 0 Å². The Kier molecular flexibility index (Phi) is 8.69. The molecule has 0 aromatic heterocycles. The van der Waals surface area contributed by atoms with E-state index in [1.807, 2.05) is 48.5 Å². The molecule has 39 heavy (non-hydrogen) atoms. The number of fused-ring (bicyclic) bond motifs is 1. The van der Waals surface area contributed by atoms with E-state index in [2.05, 4.69) is 5.32 Å². The normalized spacial score (nSPS) is 16.9. The smallest absolute Gasteiger partial charge is 0.255 e. The van der Waals surface area contributed by atoms with Crippen molar-refractivity contribution < 1.29 is 18.0 Å². The molecule has 1 atom stereocenters. The molecule has 1 saturated heterocycles. The Labute approximate surface area is 234 Å². The highest BCUT2D eigenvalue weighted by molar-refractivity contribution is 7.98. The van der Waals surface area contributed by atoms with Gasteiger partial charge in [0.2, 0.25) is 15.9 Å². The number of benzene rings is 3. The Morgan fingerprint density at radius 3 is 2.23 bits per heavy atom. The first-order valence-electron chi connectivity index (χ1n) is 13.3. The summed E-state index contributed by atoms with van der Waals surface area (Å²) in [6.45, 7) is 1.46. The second-order valence-corrected chi connectivity index (χ2v) is 12.9. The number of nitrogens with one attached hydrogen (secondary N) is 1. The lowest BCUT2D eigenvalue weighted by Gasteiger charge is -2.27. The third-order valence-electron chi connectivity index (χ3n) is 7.24. The Morgan fingerprint density at radius 2 is 1.54 bits per heavy atom. The van der Waals surface area contributed by atoms with E-state index < -0.39 is 16.1 Å². The van der Waals surface area contributed by atoms with Gasteiger partial charge in [0, 0.05) is 42.4 Å². The monoisotopic (exact) mass is 563 g/mol. The maximum absolute atomic E-state index is 13.6. The highest BCUT2D eigenvalue weighted by Crippen LogP contribution is 2.28. The highest BCUT2D eigenvalue weighted by atomic mass is 32.2. The SMILES string of the molecule is O=C(Nc1ccc(S(=O)(=O)N2CCCCCC2)cc1)[C@H](CSCc1ccccc1)N1Cc2ccccc2C1=O. The van der Waals surface area contributed by atoms with E-state index in [4.69, 9.17) is 0 Å². The fraction of sp³-hybridized carbons (Fsp3) is 0.333. The molecule has 2 aliphatic rings. The Hall–Kier alpha value is -3.14. The van der Waals surface area contributed by atoms with Crippen LogP contribution in [0.3, 0.4) is 0 Å². The van der Waals surface area contributed by atoms with Crippen LogP contribution in [0.5, 0.6) is 0 Å². The zero-order chi connectivity index (χ0) is 27.2. The molecule has 7 nitrogen and oxygen atoms in total. The molecular formula is C30H33N3O4S2. The van der Waals surface area contributed by atoms with Gasteiger partial charge < -0.3 is 10.2 Å². The van der Waals surface area contributed by atoms with Crippen LogP contribution in [0.2, 0.25) is 0 Å². The fourth-order valence-electron chi connectivity index (χ4n) is 5.07. The van der Waals surface area contributed by atoms with E-state index >= 15 is 0 Å². The first-order chi connectivity index (χ1) is 18.9. The van der Waals surface area contributed by atoms with Crippen LogP contribution in [0.4, 0.5) is 5.69 Å². The second kappa shape index (κ2) is 12.4. The predicted molar refractivity (Wildman–Crippen MR) is 155 cm³/mol. The molecule has 3 aromatic rings. The first-order valence-corrected chi connectivity index (χ1v) is 15.9. The number of sulfonamides is 1. The summed E-state index contributed by atoms with van der Waals surface area (Å²) in [6, 6.07) is 23.1. The number of hydrogen-bond acceptors (Lipinski definition) is 5. The topological polar surface area (TPSA) is 86.8 Å². The van der Waals surface area contributed by atoms with E-state index in [1.165, 1.54) is 0 Å². The molecule has 1 N–H and O–H groups in total. The van der Waals surface area contributed by atoms with E-state index in [1.54, 1.807) is 51.3 Å². The van der Waals surface area contributed by atoms with E-state index in [0.717, 1.165) is 42.6 Å². The van der Waals surface area contributed by atoms with Gasteiger partial charge in [0.25, 0.3) is 5.91 Å². The molecule has 0 spiro atoms. The quantitative estimate of drug-likeness (QED) is 0.389. The minimum absolute atomic E-state index is 0.148. The number of thioether (sulfide) groups is 1. The standard InChI is InChI=1S/C30H33N3O4S2/c34-29(31-25-14-16-26(17-15-25)39(36,37)32-18-8-1-2-9-19-32)28(22-38-21-23-10-4-3-5-11-23)33-20-24-12-6-7-13-27(24)30(33)35/h3-7,10-17,28H,1-2,8-9,18-22H2,(H,31,34)/t28-/m0/s1. The predicted octanol–water partition coefficient (Wildman–Crippen LogP) is 5.15. The number of anilines is 1. The number of nitrogens with zero attached hydrogens (tertiary/aromatic N) is 2. The van der Waals surface area contributed by atoms with Gasteiger partial charge in [-0.1, -0.05) is 61.4 Å². The fourth-order valence-corrected chi connectivity index (χ4v) is 7.68. The Balaban J connectivity index is 1.30. The lowest BCUT2D eigenvalue weighted by Crippen LogP contribution is -2.46. The van der Waals surface area contributed by atoms with Gasteiger partial charge in [-0.2, -0.15) is 16.1 Å². The summed E-state index contributed by atoms with van der Waals surface area (Å²) >= 11 is 1.60. The summed E-state index contributed by atoms with van der Waals surface area (Å²) in [4.78, 5) is 28.6. The summed E-state index contributed by atoms with van der Waals surface area (Å²) in [7, 11) is -3.57. The lowest BCUT2D eigenvalue weighted by atomic mass is 10.1. The molecule has 0 radical (unpaired) electrons. The summed E-state index contributed by atoms with van der Waals surface area (Å²) in [6.07, 6.45) is 3.84. The molecular weight excluding hydrogens is 530 g/mol. The van der Waals surface area contributed by atoms with Gasteiger partial charge in [0.05, 0.1) is 4.90 Å². The number of hydrogen-bond donors (Lipinski definition) is 1. The van der Waals surface area contributed by atoms with Crippen molar-refractivity contribution in [2.75, 3.05) is 24.2 Å². The third-order valence-corrected chi connectivity index (χ3v) is 10.2. The molecule has 0 saturated carbocycles. The Morgan fingerprint density at radius 1 is 0.872 bits per heavy atom. The zero-order valence-electron chi connectivity index (χ0n) is 21.8. The van der Waals surface area contributed by atoms with Crippen molar-refractivity contribution in [3.63, 3.8) is 0 Å². The van der Waals surface area contributed by atoms with Crippen molar-refractivity contribution in [2.24, 2.45) is 0 Å². The molecule has 0 unspecified atom stereocenters. The number of carbonyl (C=O) groups excluding carboxylic acids is 2. The van der Waals surface area contributed by atoms with Crippen molar-refractivity contribution in [2.45, 2.75) is 48.9 Å². The van der Waals surface area contributed by atoms with Gasteiger partial charge in [0.1, 0.15) is 6.04 Å². The Bertz CT molecular complexity index is 1400. The molecule has 1 fully saturated rings. The highest BCUT2D eigenvalue weighted by Gasteiger charge is 2.36. The first kappa shape index (κ1) is 27.4. The molecule has 0 bridgehead atoms. The maximum Gasteiger partial charge on any atom is 0.255 e. The molecule has 5 rings (SSSR count). The zero-order valence-corrected chi connectivity index (χ0v) is 23.4. The molecule has 2 aliphatic heterocycles. The van der Waals surface area contributed by atoms with Gasteiger partial charge in [-0.25, -0.2) is 8.42 Å². The second-order valence-electron chi connectivity index (χ2n) is 9.94. The van der Waals surface area contributed by atoms with Crippen molar-refractivity contribution in [3.8, 4) is 0 Å². The van der Waals surface area contributed by atoms with Crippen LogP contribution in [0, 0.1) is 0 Å². The third kappa shape index (κ3) is 6.37. The van der Waals surface area contributed by atoms with Crippen molar-refractivity contribution in [3.05, 3.63) is 95.6 Å². The summed E-state index contributed by atoms with van der Waals surface area (Å²) in [5.74, 6) is 0.717. The average Bonchev–Trinajstić information content (AvgIpc) is 3.10. The van der Waals surface area contributed by atoms with E-state index in [9.17, 15) is 18.0 Å². The van der Waals surface area contributed by atoms with Crippen LogP contribution in [0.15, 0.2) is 83.8 Å². The van der Waals surface area contributed by atoms with Gasteiger partial charge in [0.15, 0.2) is 0 Å². The lowest BCUT2D eigenvalue weighted by molar-refractivity contribution is -0.119. The van der Waals surface area contributed by atoms with Crippen LogP contribution < -0.4 is 5.32 Å². The van der Waals surface area contributed by atoms with Crippen LogP contribution in [-0.4, -0.2) is 54.3 Å². The van der Waals surface area contributed by atoms with E-state index in [0.29, 0.717) is 36.6 Å². The molecule has 3 aromatic carbocycles.